The van der Waals surface area contributed by atoms with Gasteiger partial charge in [-0.2, -0.15) is 0 Å². The Hall–Kier alpha value is -4.56. The smallest absolute Gasteiger partial charge is 0.329 e. The number of hydrogen-bond donors (Lipinski definition) is 0. The Balaban J connectivity index is 1.43. The molecule has 1 aromatic heterocycles. The van der Waals surface area contributed by atoms with Gasteiger partial charge in [-0.3, -0.25) is 0 Å². The summed E-state index contributed by atoms with van der Waals surface area (Å²) in [5.74, 6) is 0.249. The lowest BCUT2D eigenvalue weighted by molar-refractivity contribution is 0.598. The second kappa shape index (κ2) is 7.20. The second-order valence-corrected chi connectivity index (χ2v) is 13.0. The summed E-state index contributed by atoms with van der Waals surface area (Å²) >= 11 is 0. The van der Waals surface area contributed by atoms with Crippen LogP contribution in [0.2, 0.25) is 0 Å². The van der Waals surface area contributed by atoms with Gasteiger partial charge in [0.15, 0.2) is 0 Å². The van der Waals surface area contributed by atoms with Crippen LogP contribution in [0.25, 0.3) is 43.7 Å². The highest BCUT2D eigenvalue weighted by Crippen LogP contribution is 2.51. The highest BCUT2D eigenvalue weighted by molar-refractivity contribution is 6.88. The lowest BCUT2D eigenvalue weighted by atomic mass is 9.39. The van der Waals surface area contributed by atoms with E-state index in [2.05, 4.69) is 134 Å². The number of fused-ring (bicyclic) bond motifs is 10. The normalized spacial score (nSPS) is 17.0. The minimum Gasteiger partial charge on any atom is -0.375 e. The molecule has 1 nitrogen and oxygen atoms in total. The van der Waals surface area contributed by atoms with E-state index in [1.807, 2.05) is 0 Å². The number of aryl methyl sites for hydroxylation is 1. The second-order valence-electron chi connectivity index (χ2n) is 13.0. The molecule has 192 valence electrons. The van der Waals surface area contributed by atoms with Crippen molar-refractivity contribution in [2.24, 2.45) is 0 Å². The fourth-order valence-electron chi connectivity index (χ4n) is 8.92. The molecule has 1 atom stereocenters. The molecule has 0 saturated heterocycles. The van der Waals surface area contributed by atoms with Crippen molar-refractivity contribution in [3.8, 4) is 11.1 Å². The Morgan fingerprint density at radius 3 is 2.29 bits per heavy atom. The zero-order chi connectivity index (χ0) is 27.2. The summed E-state index contributed by atoms with van der Waals surface area (Å²) in [6.45, 7) is 7.26. The zero-order valence-electron chi connectivity index (χ0n) is 23.5. The number of rotatable bonds is 0. The molecule has 1 unspecified atom stereocenters. The van der Waals surface area contributed by atoms with Crippen molar-refractivity contribution in [3.05, 3.63) is 143 Å². The van der Waals surface area contributed by atoms with Crippen LogP contribution >= 0.6 is 0 Å². The highest BCUT2D eigenvalue weighted by atomic mass is 14.9. The Kier molecular flexibility index (Phi) is 3.89. The van der Waals surface area contributed by atoms with Crippen LogP contribution in [0.1, 0.15) is 53.1 Å². The summed E-state index contributed by atoms with van der Waals surface area (Å²) in [6, 6.07) is 41.9. The van der Waals surface area contributed by atoms with Crippen LogP contribution in [0.5, 0.6) is 0 Å². The molecule has 41 heavy (non-hydrogen) atoms. The molecular formula is C39H28BN. The first-order valence-electron chi connectivity index (χ1n) is 14.9. The maximum Gasteiger partial charge on any atom is 0.329 e. The van der Waals surface area contributed by atoms with E-state index in [0.717, 1.165) is 0 Å². The Bertz CT molecular complexity index is 2320. The Morgan fingerprint density at radius 2 is 1.41 bits per heavy atom. The van der Waals surface area contributed by atoms with E-state index >= 15 is 0 Å². The Labute approximate surface area is 240 Å². The van der Waals surface area contributed by atoms with E-state index in [0.29, 0.717) is 0 Å². The molecule has 0 fully saturated rings. The van der Waals surface area contributed by atoms with E-state index < -0.39 is 0 Å². The molecule has 0 spiro atoms. The third kappa shape index (κ3) is 2.52. The number of benzene rings is 6. The third-order valence-corrected chi connectivity index (χ3v) is 10.5. The fraction of sp³-hybridized carbons (Fsp3) is 0.128. The summed E-state index contributed by atoms with van der Waals surface area (Å²) in [6.07, 6.45) is 0. The van der Waals surface area contributed by atoms with Gasteiger partial charge in [0, 0.05) is 38.7 Å². The molecule has 1 aliphatic carbocycles. The number of aromatic nitrogens is 1. The van der Waals surface area contributed by atoms with Gasteiger partial charge in [0.2, 0.25) is 0 Å². The minimum atomic E-state index is -0.0561. The van der Waals surface area contributed by atoms with E-state index in [1.54, 1.807) is 0 Å². The van der Waals surface area contributed by atoms with Crippen LogP contribution < -0.4 is 10.9 Å². The van der Waals surface area contributed by atoms with Crippen molar-refractivity contribution in [2.45, 2.75) is 32.1 Å². The summed E-state index contributed by atoms with van der Waals surface area (Å²) in [4.78, 5) is 0. The van der Waals surface area contributed by atoms with Crippen molar-refractivity contribution in [2.75, 3.05) is 0 Å². The molecule has 3 aliphatic rings. The minimum absolute atomic E-state index is 0.0561. The molecular weight excluding hydrogens is 493 g/mol. The van der Waals surface area contributed by atoms with E-state index in [1.165, 1.54) is 88.0 Å². The maximum absolute atomic E-state index is 2.70. The van der Waals surface area contributed by atoms with Gasteiger partial charge in [0.1, 0.15) is 0 Å². The standard InChI is InChI=1S/C39H28BN/c1-22-18-29-26-14-8-13-25-28-20-23-10-4-5-11-24(23)21-34(28)41(38(25)26)40-33-17-9-16-32-36(33)35(30(19-22)37(29)40)27-12-6-7-15-31(27)39(32,2)3/h4-21,35H,1-3H3. The Morgan fingerprint density at radius 1 is 0.659 bits per heavy atom. The SMILES string of the molecule is Cc1cc2c3c(c1)C1c4ccccc4C(C)(C)c4cccc(c41)B3n1c3cc4ccccc4cc3c3cccc-2c31. The topological polar surface area (TPSA) is 4.93 Å². The van der Waals surface area contributed by atoms with Gasteiger partial charge in [-0.1, -0.05) is 116 Å². The van der Waals surface area contributed by atoms with Gasteiger partial charge in [-0.15, -0.1) is 0 Å². The van der Waals surface area contributed by atoms with Crippen LogP contribution in [0.3, 0.4) is 0 Å². The molecule has 10 rings (SSSR count). The van der Waals surface area contributed by atoms with Gasteiger partial charge in [-0.05, 0) is 74.1 Å². The first kappa shape index (κ1) is 22.2. The first-order chi connectivity index (χ1) is 20.0. The maximum atomic E-state index is 2.70. The number of hydrogen-bond acceptors (Lipinski definition) is 0. The fourth-order valence-corrected chi connectivity index (χ4v) is 8.92. The molecule has 0 N–H and O–H groups in total. The van der Waals surface area contributed by atoms with Crippen LogP contribution in [0.15, 0.2) is 109 Å². The largest absolute Gasteiger partial charge is 0.375 e. The van der Waals surface area contributed by atoms with Crippen molar-refractivity contribution >= 4 is 50.4 Å². The van der Waals surface area contributed by atoms with Crippen LogP contribution in [-0.4, -0.2) is 11.3 Å². The molecule has 0 bridgehead atoms. The van der Waals surface area contributed by atoms with Gasteiger partial charge < -0.3 is 4.48 Å². The number of nitrogens with zero attached hydrogens (tertiary/aromatic N) is 1. The molecule has 0 saturated carbocycles. The van der Waals surface area contributed by atoms with Crippen LogP contribution in [-0.2, 0) is 5.41 Å². The van der Waals surface area contributed by atoms with Crippen LogP contribution in [0.4, 0.5) is 0 Å². The molecule has 6 aromatic carbocycles. The lowest BCUT2D eigenvalue weighted by Gasteiger charge is -2.46. The van der Waals surface area contributed by atoms with E-state index in [4.69, 9.17) is 0 Å². The van der Waals surface area contributed by atoms with Crippen LogP contribution in [0, 0.1) is 6.92 Å². The number of para-hydroxylation sites is 1. The lowest BCUT2D eigenvalue weighted by Crippen LogP contribution is -2.58. The van der Waals surface area contributed by atoms with E-state index in [9.17, 15) is 0 Å². The van der Waals surface area contributed by atoms with Gasteiger partial charge in [0.25, 0.3) is 0 Å². The monoisotopic (exact) mass is 521 g/mol. The van der Waals surface area contributed by atoms with Gasteiger partial charge >= 0.3 is 6.85 Å². The first-order valence-corrected chi connectivity index (χ1v) is 14.9. The molecule has 2 heteroatoms. The van der Waals surface area contributed by atoms with Crippen molar-refractivity contribution < 1.29 is 0 Å². The predicted octanol–water partition coefficient (Wildman–Crippen LogP) is 8.02. The average Bonchev–Trinajstić information content (AvgIpc) is 3.31. The average molecular weight is 521 g/mol. The van der Waals surface area contributed by atoms with Crippen molar-refractivity contribution in [1.29, 1.82) is 0 Å². The van der Waals surface area contributed by atoms with Crippen molar-refractivity contribution in [1.82, 2.24) is 4.48 Å². The summed E-state index contributed by atoms with van der Waals surface area (Å²) < 4.78 is 2.70. The molecule has 0 radical (unpaired) electrons. The van der Waals surface area contributed by atoms with E-state index in [-0.39, 0.29) is 18.2 Å². The zero-order valence-corrected chi connectivity index (χ0v) is 23.5. The highest BCUT2D eigenvalue weighted by Gasteiger charge is 2.48. The van der Waals surface area contributed by atoms with Gasteiger partial charge in [0.05, 0.1) is 0 Å². The summed E-state index contributed by atoms with van der Waals surface area (Å²) in [7, 11) is 0. The molecule has 2 aliphatic heterocycles. The molecule has 7 aromatic rings. The summed E-state index contributed by atoms with van der Waals surface area (Å²) in [5.41, 5.74) is 17.1. The quantitative estimate of drug-likeness (QED) is 0.178. The predicted molar refractivity (Wildman–Crippen MR) is 173 cm³/mol. The third-order valence-electron chi connectivity index (χ3n) is 10.5. The molecule has 3 heterocycles. The van der Waals surface area contributed by atoms with Gasteiger partial charge in [-0.25, -0.2) is 0 Å². The van der Waals surface area contributed by atoms with Crippen molar-refractivity contribution in [3.63, 3.8) is 0 Å². The summed E-state index contributed by atoms with van der Waals surface area (Å²) in [5, 5.41) is 5.31. The molecule has 0 amide bonds.